The van der Waals surface area contributed by atoms with Crippen molar-refractivity contribution in [1.29, 1.82) is 0 Å². The summed E-state index contributed by atoms with van der Waals surface area (Å²) in [5.41, 5.74) is 3.38. The van der Waals surface area contributed by atoms with Crippen molar-refractivity contribution in [2.75, 3.05) is 32.2 Å². The number of rotatable bonds is 30. The highest BCUT2D eigenvalue weighted by Gasteiger charge is 2.65. The number of aliphatic hydroxyl groups is 2. The molecule has 0 spiro atoms. The van der Waals surface area contributed by atoms with Gasteiger partial charge in [-0.3, -0.25) is 4.79 Å². The molecule has 3 aliphatic rings. The molecule has 1 saturated carbocycles. The number of ether oxygens (including phenoxy) is 3. The molecule has 1 fully saturated rings. The Morgan fingerprint density at radius 2 is 1.57 bits per heavy atom. The molecule has 7 rings (SSSR count). The van der Waals surface area contributed by atoms with Crippen LogP contribution in [-0.2, 0) is 20.9 Å². The molecule has 9 nitrogen and oxygen atoms in total. The Kier molecular flexibility index (Phi) is 21.2. The minimum atomic E-state index is -1.35. The van der Waals surface area contributed by atoms with Crippen LogP contribution in [0.15, 0.2) is 125 Å². The van der Waals surface area contributed by atoms with Gasteiger partial charge in [-0.05, 0) is 117 Å². The number of amides is 1. The summed E-state index contributed by atoms with van der Waals surface area (Å²) in [6.07, 6.45) is 20.3. The van der Waals surface area contributed by atoms with Gasteiger partial charge in [-0.25, -0.2) is 0 Å². The maximum atomic E-state index is 15.5. The first-order valence-corrected chi connectivity index (χ1v) is 28.4. The standard InChI is InChI=1S/C62H84N2O7S/c1-6-8-9-10-11-12-13-14-18-34-58(67)64(45-48-29-25-28-46-26-19-20-32-51(46)48)57-44-55(63-71-61(3,4)5)53-42-47(27-21-23-37-65)52(33-22-24-38-66)59-54-43-49(68-40-41-72-50-30-16-15-17-31-50)35-36-56(54)70-62(57,60(53)59)69-39-7-2/h7,15-17,19-20,25-26,28-32,35-36,42-43,47,52,57,59-60,65-66H,2,6,8-14,18,21-24,27,33-34,37-41,44-45H2,1,3-5H3. The maximum Gasteiger partial charge on any atom is 0.239 e. The Morgan fingerprint density at radius 1 is 0.861 bits per heavy atom. The second-order valence-corrected chi connectivity index (χ2v) is 22.4. The van der Waals surface area contributed by atoms with Crippen molar-refractivity contribution in [2.45, 2.75) is 172 Å². The number of benzene rings is 4. The van der Waals surface area contributed by atoms with Gasteiger partial charge in [0.25, 0.3) is 0 Å². The van der Waals surface area contributed by atoms with Gasteiger partial charge in [0.15, 0.2) is 0 Å². The summed E-state index contributed by atoms with van der Waals surface area (Å²) in [5, 5.41) is 27.5. The van der Waals surface area contributed by atoms with Crippen LogP contribution in [0.2, 0.25) is 0 Å². The predicted octanol–water partition coefficient (Wildman–Crippen LogP) is 14.4. The third-order valence-corrected chi connectivity index (χ3v) is 15.8. The third-order valence-electron chi connectivity index (χ3n) is 14.8. The number of carbonyl (C=O) groups excluding carboxylic acids is 1. The van der Waals surface area contributed by atoms with Gasteiger partial charge >= 0.3 is 0 Å². The van der Waals surface area contributed by atoms with Gasteiger partial charge in [0.1, 0.15) is 23.1 Å². The molecule has 0 bridgehead atoms. The SMILES string of the molecule is C=CCOC12Oc3ccc(OCCSc4ccccc4)cc3C3C(CCCCO)C(CCCCO)C=C(C(=NOC(C)(C)C)CC1N(Cc1cccc4ccccc14)C(=O)CCCCCCCCCCC)C32. The number of thioether (sulfide) groups is 1. The van der Waals surface area contributed by atoms with Crippen LogP contribution in [0.1, 0.15) is 154 Å². The van der Waals surface area contributed by atoms with Gasteiger partial charge in [0.05, 0.1) is 24.8 Å². The fourth-order valence-corrected chi connectivity index (χ4v) is 12.2. The van der Waals surface area contributed by atoms with Crippen LogP contribution >= 0.6 is 11.8 Å². The molecule has 0 radical (unpaired) electrons. The van der Waals surface area contributed by atoms with Gasteiger partial charge < -0.3 is 34.2 Å². The van der Waals surface area contributed by atoms with Crippen LogP contribution in [0.5, 0.6) is 11.5 Å². The van der Waals surface area contributed by atoms with E-state index in [9.17, 15) is 10.2 Å². The minimum absolute atomic E-state index is 0.0706. The Balaban J connectivity index is 1.36. The van der Waals surface area contributed by atoms with Gasteiger partial charge in [-0.15, -0.1) is 18.3 Å². The van der Waals surface area contributed by atoms with Crippen LogP contribution in [0.3, 0.4) is 0 Å². The third kappa shape index (κ3) is 14.4. The van der Waals surface area contributed by atoms with Crippen molar-refractivity contribution in [1.82, 2.24) is 4.90 Å². The minimum Gasteiger partial charge on any atom is -0.493 e. The average Bonchev–Trinajstić information content (AvgIpc) is 3.38. The summed E-state index contributed by atoms with van der Waals surface area (Å²) in [5.74, 6) is 0.693. The van der Waals surface area contributed by atoms with Crippen LogP contribution in [0.4, 0.5) is 0 Å². The highest BCUT2D eigenvalue weighted by Crippen LogP contribution is 2.62. The number of carbonyl (C=O) groups is 1. The van der Waals surface area contributed by atoms with E-state index >= 15 is 4.79 Å². The summed E-state index contributed by atoms with van der Waals surface area (Å²) in [4.78, 5) is 25.3. The molecule has 6 atom stereocenters. The molecular formula is C62H84N2O7S. The Hall–Kier alpha value is -4.61. The smallest absolute Gasteiger partial charge is 0.239 e. The summed E-state index contributed by atoms with van der Waals surface area (Å²) in [6.45, 7) is 13.8. The Labute approximate surface area is 435 Å². The van der Waals surface area contributed by atoms with Crippen molar-refractivity contribution < 1.29 is 34.1 Å². The molecule has 1 heterocycles. The van der Waals surface area contributed by atoms with Crippen molar-refractivity contribution in [3.63, 3.8) is 0 Å². The lowest BCUT2D eigenvalue weighted by Crippen LogP contribution is -2.70. The summed E-state index contributed by atoms with van der Waals surface area (Å²) in [7, 11) is 0. The van der Waals surface area contributed by atoms with Crippen molar-refractivity contribution in [3.8, 4) is 11.5 Å². The Morgan fingerprint density at radius 3 is 2.31 bits per heavy atom. The molecule has 0 saturated heterocycles. The fraction of sp³-hybridized carbons (Fsp3) is 0.548. The second-order valence-electron chi connectivity index (χ2n) is 21.2. The summed E-state index contributed by atoms with van der Waals surface area (Å²) >= 11 is 1.77. The molecule has 0 aromatic heterocycles. The van der Waals surface area contributed by atoms with E-state index < -0.39 is 23.3 Å². The molecular weight excluding hydrogens is 917 g/mol. The van der Waals surface area contributed by atoms with Crippen molar-refractivity contribution in [3.05, 3.63) is 126 Å². The van der Waals surface area contributed by atoms with Crippen molar-refractivity contribution >= 4 is 34.2 Å². The van der Waals surface area contributed by atoms with E-state index in [0.29, 0.717) is 38.8 Å². The first-order chi connectivity index (χ1) is 35.1. The first kappa shape index (κ1) is 55.1. The summed E-state index contributed by atoms with van der Waals surface area (Å²) in [6, 6.07) is 30.8. The molecule has 2 N–H and O–H groups in total. The van der Waals surface area contributed by atoms with Crippen LogP contribution in [0, 0.1) is 17.8 Å². The van der Waals surface area contributed by atoms with E-state index in [2.05, 4.69) is 103 Å². The zero-order valence-corrected chi connectivity index (χ0v) is 44.7. The molecule has 1 aliphatic heterocycles. The van der Waals surface area contributed by atoms with E-state index in [1.165, 1.54) is 43.4 Å². The van der Waals surface area contributed by atoms with Crippen molar-refractivity contribution in [2.24, 2.45) is 22.9 Å². The number of fused-ring (bicyclic) bond motifs is 3. The van der Waals surface area contributed by atoms with E-state index in [1.807, 2.05) is 32.9 Å². The number of unbranched alkanes of at least 4 members (excludes halogenated alkanes) is 10. The van der Waals surface area contributed by atoms with E-state index in [4.69, 9.17) is 24.2 Å². The van der Waals surface area contributed by atoms with E-state index in [0.717, 1.165) is 95.4 Å². The highest BCUT2D eigenvalue weighted by molar-refractivity contribution is 7.99. The number of nitrogens with zero attached hydrogens (tertiary/aromatic N) is 2. The van der Waals surface area contributed by atoms with Gasteiger partial charge in [0.2, 0.25) is 11.7 Å². The van der Waals surface area contributed by atoms with Crippen LogP contribution in [-0.4, -0.2) is 76.3 Å². The fourth-order valence-electron chi connectivity index (χ4n) is 11.5. The molecule has 10 heteroatoms. The lowest BCUT2D eigenvalue weighted by molar-refractivity contribution is -0.258. The zero-order valence-electron chi connectivity index (χ0n) is 43.9. The highest BCUT2D eigenvalue weighted by atomic mass is 32.2. The van der Waals surface area contributed by atoms with E-state index in [1.54, 1.807) is 17.8 Å². The first-order valence-electron chi connectivity index (χ1n) is 27.4. The Bertz CT molecular complexity index is 2370. The number of hydrogen-bond acceptors (Lipinski definition) is 9. The van der Waals surface area contributed by atoms with Gasteiger partial charge in [-0.2, -0.15) is 0 Å². The normalized spacial score (nSPS) is 21.9. The molecule has 72 heavy (non-hydrogen) atoms. The largest absolute Gasteiger partial charge is 0.493 e. The predicted molar refractivity (Wildman–Crippen MR) is 295 cm³/mol. The molecule has 390 valence electrons. The zero-order chi connectivity index (χ0) is 50.8. The number of oxime groups is 1. The lowest BCUT2D eigenvalue weighted by atomic mass is 9.55. The van der Waals surface area contributed by atoms with Gasteiger partial charge in [-0.1, -0.05) is 149 Å². The van der Waals surface area contributed by atoms with Crippen LogP contribution in [0.25, 0.3) is 10.8 Å². The molecule has 6 unspecified atom stereocenters. The molecule has 4 aromatic carbocycles. The number of hydrogen-bond donors (Lipinski definition) is 2. The molecule has 4 aromatic rings. The number of allylic oxidation sites excluding steroid dienone is 1. The maximum absolute atomic E-state index is 15.5. The monoisotopic (exact) mass is 1000 g/mol. The lowest BCUT2D eigenvalue weighted by Gasteiger charge is -2.60. The summed E-state index contributed by atoms with van der Waals surface area (Å²) < 4.78 is 21.6. The van der Waals surface area contributed by atoms with E-state index in [-0.39, 0.29) is 43.5 Å². The number of aliphatic hydroxyl groups excluding tert-OH is 2. The topological polar surface area (TPSA) is 110 Å². The average molecular weight is 1000 g/mol. The quantitative estimate of drug-likeness (QED) is 0.0230. The molecule has 2 aliphatic carbocycles. The second kappa shape index (κ2) is 27.6. The molecule has 1 amide bonds. The van der Waals surface area contributed by atoms with Gasteiger partial charge in [0, 0.05) is 54.7 Å². The van der Waals surface area contributed by atoms with Crippen LogP contribution < -0.4 is 9.47 Å².